The van der Waals surface area contributed by atoms with Crippen LogP contribution in [0.2, 0.25) is 5.02 Å². The Bertz CT molecular complexity index is 448. The summed E-state index contributed by atoms with van der Waals surface area (Å²) in [5.41, 5.74) is 1.95. The molecule has 4 nitrogen and oxygen atoms in total. The van der Waals surface area contributed by atoms with Crippen molar-refractivity contribution in [2.75, 3.05) is 45.9 Å². The summed E-state index contributed by atoms with van der Waals surface area (Å²) in [5.74, 6) is 0. The Morgan fingerprint density at radius 2 is 1.76 bits per heavy atom. The molecule has 1 unspecified atom stereocenters. The second-order valence-electron chi connectivity index (χ2n) is 5.72. The summed E-state index contributed by atoms with van der Waals surface area (Å²) in [6.07, 6.45) is 0.303. The van der Waals surface area contributed by atoms with Crippen molar-refractivity contribution in [1.82, 2.24) is 9.80 Å². The number of aryl methyl sites for hydroxylation is 1. The standard InChI is InChI=1S/C16H25ClN2O2/c1-13-12-14(2-3-15(13)17)16(21)4-5-18-6-8-19(9-7-18)10-11-20/h2-3,12,16,20-21H,4-11H2,1H3. The van der Waals surface area contributed by atoms with E-state index >= 15 is 0 Å². The molecule has 0 aliphatic carbocycles. The highest BCUT2D eigenvalue weighted by atomic mass is 35.5. The van der Waals surface area contributed by atoms with Crippen molar-refractivity contribution in [1.29, 1.82) is 0 Å². The molecule has 0 aromatic heterocycles. The summed E-state index contributed by atoms with van der Waals surface area (Å²) in [6, 6.07) is 5.72. The van der Waals surface area contributed by atoms with Gasteiger partial charge in [-0.15, -0.1) is 0 Å². The molecule has 0 spiro atoms. The number of rotatable bonds is 6. The highest BCUT2D eigenvalue weighted by molar-refractivity contribution is 6.31. The summed E-state index contributed by atoms with van der Waals surface area (Å²) in [5, 5.41) is 20.0. The van der Waals surface area contributed by atoms with E-state index < -0.39 is 6.10 Å². The average molecular weight is 313 g/mol. The molecular weight excluding hydrogens is 288 g/mol. The number of nitrogens with zero attached hydrogens (tertiary/aromatic N) is 2. The third kappa shape index (κ3) is 4.94. The van der Waals surface area contributed by atoms with Crippen molar-refractivity contribution >= 4 is 11.6 Å². The van der Waals surface area contributed by atoms with Crippen molar-refractivity contribution in [3.8, 4) is 0 Å². The highest BCUT2D eigenvalue weighted by Crippen LogP contribution is 2.23. The molecule has 21 heavy (non-hydrogen) atoms. The first-order valence-corrected chi connectivity index (χ1v) is 7.97. The Morgan fingerprint density at radius 3 is 2.33 bits per heavy atom. The highest BCUT2D eigenvalue weighted by Gasteiger charge is 2.17. The van der Waals surface area contributed by atoms with Crippen molar-refractivity contribution in [2.45, 2.75) is 19.4 Å². The SMILES string of the molecule is Cc1cc(C(O)CCN2CCN(CCO)CC2)ccc1Cl. The molecule has 1 aliphatic heterocycles. The number of aliphatic hydroxyl groups excluding tert-OH is 2. The molecule has 0 bridgehead atoms. The molecule has 5 heteroatoms. The van der Waals surface area contributed by atoms with E-state index in [2.05, 4.69) is 9.80 Å². The summed E-state index contributed by atoms with van der Waals surface area (Å²) < 4.78 is 0. The van der Waals surface area contributed by atoms with E-state index in [1.54, 1.807) is 0 Å². The van der Waals surface area contributed by atoms with Crippen LogP contribution in [0.1, 0.15) is 23.7 Å². The lowest BCUT2D eigenvalue weighted by atomic mass is 10.0. The van der Waals surface area contributed by atoms with Gasteiger partial charge in [0.05, 0.1) is 12.7 Å². The Balaban J connectivity index is 1.76. The minimum absolute atomic E-state index is 0.231. The monoisotopic (exact) mass is 312 g/mol. The molecule has 1 heterocycles. The Kier molecular flexibility index (Phi) is 6.45. The predicted octanol–water partition coefficient (Wildman–Crippen LogP) is 1.68. The van der Waals surface area contributed by atoms with Gasteiger partial charge in [0.15, 0.2) is 0 Å². The lowest BCUT2D eigenvalue weighted by Gasteiger charge is -2.34. The van der Waals surface area contributed by atoms with Gasteiger partial charge in [-0.3, -0.25) is 4.90 Å². The third-order valence-electron chi connectivity index (χ3n) is 4.17. The predicted molar refractivity (Wildman–Crippen MR) is 85.7 cm³/mol. The number of piperazine rings is 1. The normalized spacial score (nSPS) is 18.9. The van der Waals surface area contributed by atoms with Crippen LogP contribution in [0, 0.1) is 6.92 Å². The first-order valence-electron chi connectivity index (χ1n) is 7.60. The van der Waals surface area contributed by atoms with Gasteiger partial charge in [0.2, 0.25) is 0 Å². The smallest absolute Gasteiger partial charge is 0.0802 e. The zero-order valence-electron chi connectivity index (χ0n) is 12.6. The molecule has 1 atom stereocenters. The number of hydrogen-bond acceptors (Lipinski definition) is 4. The van der Waals surface area contributed by atoms with Gasteiger partial charge in [-0.25, -0.2) is 0 Å². The number of aliphatic hydroxyl groups is 2. The summed E-state index contributed by atoms with van der Waals surface area (Å²) in [7, 11) is 0. The quantitative estimate of drug-likeness (QED) is 0.839. The Labute approximate surface area is 131 Å². The average Bonchev–Trinajstić information content (AvgIpc) is 2.49. The van der Waals surface area contributed by atoms with Crippen LogP contribution < -0.4 is 0 Å². The lowest BCUT2D eigenvalue weighted by Crippen LogP contribution is -2.47. The van der Waals surface area contributed by atoms with Gasteiger partial charge in [-0.1, -0.05) is 23.7 Å². The van der Waals surface area contributed by atoms with Crippen molar-refractivity contribution < 1.29 is 10.2 Å². The van der Waals surface area contributed by atoms with Crippen molar-refractivity contribution in [3.05, 3.63) is 34.3 Å². The van der Waals surface area contributed by atoms with Crippen molar-refractivity contribution in [2.24, 2.45) is 0 Å². The summed E-state index contributed by atoms with van der Waals surface area (Å²) in [6.45, 7) is 7.86. The molecule has 2 N–H and O–H groups in total. The van der Waals surface area contributed by atoms with Gasteiger partial charge in [-0.05, 0) is 30.5 Å². The van der Waals surface area contributed by atoms with Crippen LogP contribution in [0.5, 0.6) is 0 Å². The molecule has 1 aromatic rings. The fraction of sp³-hybridized carbons (Fsp3) is 0.625. The van der Waals surface area contributed by atoms with E-state index in [4.69, 9.17) is 16.7 Å². The summed E-state index contributed by atoms with van der Waals surface area (Å²) in [4.78, 5) is 4.65. The molecule has 1 fully saturated rings. The maximum atomic E-state index is 10.3. The largest absolute Gasteiger partial charge is 0.395 e. The molecule has 0 radical (unpaired) electrons. The van der Waals surface area contributed by atoms with E-state index in [1.807, 2.05) is 25.1 Å². The van der Waals surface area contributed by atoms with Gasteiger partial charge < -0.3 is 15.1 Å². The number of benzene rings is 1. The second kappa shape index (κ2) is 8.11. The fourth-order valence-corrected chi connectivity index (χ4v) is 2.84. The van der Waals surface area contributed by atoms with E-state index in [9.17, 15) is 5.11 Å². The first kappa shape index (κ1) is 16.7. The van der Waals surface area contributed by atoms with Crippen LogP contribution in [0.3, 0.4) is 0 Å². The van der Waals surface area contributed by atoms with Crippen LogP contribution in [-0.2, 0) is 0 Å². The van der Waals surface area contributed by atoms with E-state index in [0.717, 1.165) is 61.8 Å². The van der Waals surface area contributed by atoms with E-state index in [0.29, 0.717) is 0 Å². The van der Waals surface area contributed by atoms with Crippen LogP contribution in [0.4, 0.5) is 0 Å². The molecule has 1 aliphatic rings. The molecule has 2 rings (SSSR count). The van der Waals surface area contributed by atoms with Crippen molar-refractivity contribution in [3.63, 3.8) is 0 Å². The van der Waals surface area contributed by atoms with Gasteiger partial charge in [0, 0.05) is 44.3 Å². The molecule has 1 aromatic carbocycles. The number of hydrogen-bond donors (Lipinski definition) is 2. The van der Waals surface area contributed by atoms with Gasteiger partial charge in [0.1, 0.15) is 0 Å². The molecule has 0 saturated carbocycles. The number of β-amino-alcohol motifs (C(OH)–C–C–N with tert-alkyl or cyclic N) is 1. The van der Waals surface area contributed by atoms with Crippen LogP contribution in [0.15, 0.2) is 18.2 Å². The van der Waals surface area contributed by atoms with Gasteiger partial charge in [-0.2, -0.15) is 0 Å². The van der Waals surface area contributed by atoms with E-state index in [1.165, 1.54) is 0 Å². The number of halogens is 1. The Morgan fingerprint density at radius 1 is 1.14 bits per heavy atom. The Hall–Kier alpha value is -0.650. The van der Waals surface area contributed by atoms with Gasteiger partial charge in [0.25, 0.3) is 0 Å². The summed E-state index contributed by atoms with van der Waals surface area (Å²) >= 11 is 6.01. The van der Waals surface area contributed by atoms with Crippen LogP contribution in [0.25, 0.3) is 0 Å². The van der Waals surface area contributed by atoms with Crippen LogP contribution in [-0.4, -0.2) is 65.9 Å². The molecule has 1 saturated heterocycles. The lowest BCUT2D eigenvalue weighted by molar-refractivity contribution is 0.0923. The topological polar surface area (TPSA) is 46.9 Å². The molecule has 118 valence electrons. The maximum Gasteiger partial charge on any atom is 0.0802 e. The first-order chi connectivity index (χ1) is 10.1. The second-order valence-corrected chi connectivity index (χ2v) is 6.13. The minimum atomic E-state index is -0.434. The van der Waals surface area contributed by atoms with Crippen LogP contribution >= 0.6 is 11.6 Å². The minimum Gasteiger partial charge on any atom is -0.395 e. The molecular formula is C16H25ClN2O2. The maximum absolute atomic E-state index is 10.3. The zero-order chi connectivity index (χ0) is 15.2. The fourth-order valence-electron chi connectivity index (χ4n) is 2.72. The zero-order valence-corrected chi connectivity index (χ0v) is 13.4. The van der Waals surface area contributed by atoms with Gasteiger partial charge >= 0.3 is 0 Å². The van der Waals surface area contributed by atoms with E-state index in [-0.39, 0.29) is 6.61 Å². The third-order valence-corrected chi connectivity index (χ3v) is 4.59. The molecule has 0 amide bonds.